The second-order valence-corrected chi connectivity index (χ2v) is 5.57. The fraction of sp³-hybridized carbons (Fsp3) is 1.00. The SMILES string of the molecule is CSC(OC([C@H](N)C(C)Cl)[C@@H](O)CO)[C@@H](C)O. The van der Waals surface area contributed by atoms with Crippen LogP contribution < -0.4 is 5.73 Å². The summed E-state index contributed by atoms with van der Waals surface area (Å²) in [5, 5.41) is 27.7. The second kappa shape index (κ2) is 8.53. The lowest BCUT2D eigenvalue weighted by atomic mass is 10.0. The van der Waals surface area contributed by atoms with E-state index in [1.165, 1.54) is 11.8 Å². The van der Waals surface area contributed by atoms with Gasteiger partial charge in [-0.05, 0) is 20.1 Å². The van der Waals surface area contributed by atoms with Crippen molar-refractivity contribution in [1.82, 2.24) is 0 Å². The molecule has 0 saturated heterocycles. The third-order valence-corrected chi connectivity index (χ3v) is 3.65. The molecule has 6 atom stereocenters. The van der Waals surface area contributed by atoms with Crippen molar-refractivity contribution < 1.29 is 20.1 Å². The van der Waals surface area contributed by atoms with Gasteiger partial charge in [-0.2, -0.15) is 0 Å². The van der Waals surface area contributed by atoms with E-state index in [1.807, 2.05) is 0 Å². The van der Waals surface area contributed by atoms with Crippen molar-refractivity contribution in [3.63, 3.8) is 0 Å². The van der Waals surface area contributed by atoms with E-state index in [9.17, 15) is 10.2 Å². The summed E-state index contributed by atoms with van der Waals surface area (Å²) in [4.78, 5) is 0. The van der Waals surface area contributed by atoms with Crippen molar-refractivity contribution in [2.24, 2.45) is 5.73 Å². The maximum atomic E-state index is 9.66. The Morgan fingerprint density at radius 2 is 1.88 bits per heavy atom. The minimum atomic E-state index is -1.13. The van der Waals surface area contributed by atoms with Crippen LogP contribution in [0.15, 0.2) is 0 Å². The normalized spacial score (nSPS) is 22.6. The quantitative estimate of drug-likeness (QED) is 0.363. The first kappa shape index (κ1) is 17.4. The monoisotopic (exact) mass is 287 g/mol. The third kappa shape index (κ3) is 5.74. The predicted molar refractivity (Wildman–Crippen MR) is 70.2 cm³/mol. The van der Waals surface area contributed by atoms with Gasteiger partial charge in [0.25, 0.3) is 0 Å². The van der Waals surface area contributed by atoms with Crippen molar-refractivity contribution in [3.05, 3.63) is 0 Å². The molecular formula is C10H22ClNO4S. The fourth-order valence-electron chi connectivity index (χ4n) is 1.32. The molecule has 0 amide bonds. The molecule has 0 aromatic rings. The highest BCUT2D eigenvalue weighted by Crippen LogP contribution is 2.20. The maximum absolute atomic E-state index is 9.66. The molecular weight excluding hydrogens is 266 g/mol. The Kier molecular flexibility index (Phi) is 8.75. The molecule has 3 unspecified atom stereocenters. The van der Waals surface area contributed by atoms with Crippen molar-refractivity contribution in [2.75, 3.05) is 12.9 Å². The molecule has 0 aromatic carbocycles. The van der Waals surface area contributed by atoms with Gasteiger partial charge >= 0.3 is 0 Å². The van der Waals surface area contributed by atoms with Crippen LogP contribution in [0.4, 0.5) is 0 Å². The molecule has 104 valence electrons. The lowest BCUT2D eigenvalue weighted by Crippen LogP contribution is -2.52. The minimum absolute atomic E-state index is 0.419. The van der Waals surface area contributed by atoms with Gasteiger partial charge in [0, 0.05) is 11.4 Å². The standard InChI is InChI=1S/C10H22ClNO4S/c1-5(11)8(12)9(7(15)4-13)16-10(17-3)6(2)14/h5-10,13-15H,4,12H2,1-3H3/t5?,6-,7+,8-,9?,10?/m1/s1. The van der Waals surface area contributed by atoms with Crippen molar-refractivity contribution in [3.8, 4) is 0 Å². The van der Waals surface area contributed by atoms with Gasteiger partial charge in [-0.1, -0.05) is 0 Å². The molecule has 0 bridgehead atoms. The summed E-state index contributed by atoms with van der Waals surface area (Å²) < 4.78 is 5.53. The molecule has 0 saturated carbocycles. The number of aliphatic hydroxyl groups excluding tert-OH is 3. The van der Waals surface area contributed by atoms with Gasteiger partial charge in [0.1, 0.15) is 17.6 Å². The molecule has 0 aromatic heterocycles. The molecule has 17 heavy (non-hydrogen) atoms. The van der Waals surface area contributed by atoms with Crippen LogP contribution in [0.25, 0.3) is 0 Å². The van der Waals surface area contributed by atoms with Gasteiger partial charge < -0.3 is 25.8 Å². The number of alkyl halides is 1. The number of nitrogens with two attached hydrogens (primary N) is 1. The van der Waals surface area contributed by atoms with E-state index in [2.05, 4.69) is 0 Å². The Hall–Kier alpha value is 0.440. The molecule has 0 heterocycles. The lowest BCUT2D eigenvalue weighted by molar-refractivity contribution is -0.0995. The van der Waals surface area contributed by atoms with Crippen LogP contribution in [0.2, 0.25) is 0 Å². The van der Waals surface area contributed by atoms with Gasteiger partial charge in [-0.25, -0.2) is 0 Å². The van der Waals surface area contributed by atoms with Crippen molar-refractivity contribution >= 4 is 23.4 Å². The summed E-state index contributed by atoms with van der Waals surface area (Å²) in [6.07, 6.45) is -0.884. The number of hydrogen-bond donors (Lipinski definition) is 4. The molecule has 5 nitrogen and oxygen atoms in total. The summed E-state index contributed by atoms with van der Waals surface area (Å²) in [6, 6.07) is -0.632. The molecule has 0 aliphatic carbocycles. The number of halogens is 1. The van der Waals surface area contributed by atoms with Crippen LogP contribution in [0, 0.1) is 0 Å². The van der Waals surface area contributed by atoms with Gasteiger partial charge in [0.2, 0.25) is 0 Å². The number of ether oxygens (including phenoxy) is 1. The molecule has 0 radical (unpaired) electrons. The predicted octanol–water partition coefficient (Wildman–Crippen LogP) is -0.251. The summed E-state index contributed by atoms with van der Waals surface area (Å²) in [6.45, 7) is 2.80. The van der Waals surface area contributed by atoms with Gasteiger partial charge in [0.05, 0.1) is 12.7 Å². The smallest absolute Gasteiger partial charge is 0.129 e. The largest absolute Gasteiger partial charge is 0.394 e. The van der Waals surface area contributed by atoms with E-state index < -0.39 is 41.8 Å². The zero-order valence-electron chi connectivity index (χ0n) is 10.3. The molecule has 0 spiro atoms. The number of aliphatic hydroxyl groups is 3. The van der Waals surface area contributed by atoms with Gasteiger partial charge in [-0.15, -0.1) is 23.4 Å². The highest BCUT2D eigenvalue weighted by atomic mass is 35.5. The fourth-order valence-corrected chi connectivity index (χ4v) is 2.10. The Morgan fingerprint density at radius 3 is 2.18 bits per heavy atom. The lowest BCUT2D eigenvalue weighted by Gasteiger charge is -2.33. The Bertz CT molecular complexity index is 209. The van der Waals surface area contributed by atoms with E-state index in [4.69, 9.17) is 27.2 Å². The first-order chi connectivity index (χ1) is 7.84. The average molecular weight is 288 g/mol. The molecule has 0 fully saturated rings. The summed E-state index contributed by atoms with van der Waals surface area (Å²) in [5.41, 5.74) is 5.30. The van der Waals surface area contributed by atoms with Crippen LogP contribution in [-0.2, 0) is 4.74 Å². The van der Waals surface area contributed by atoms with Crippen LogP contribution in [-0.4, -0.2) is 63.3 Å². The first-order valence-corrected chi connectivity index (χ1v) is 7.12. The Morgan fingerprint density at radius 1 is 1.35 bits per heavy atom. The first-order valence-electron chi connectivity index (χ1n) is 5.40. The van der Waals surface area contributed by atoms with Crippen LogP contribution >= 0.6 is 23.4 Å². The zero-order chi connectivity index (χ0) is 13.6. The van der Waals surface area contributed by atoms with Gasteiger partial charge in [0.15, 0.2) is 0 Å². The summed E-state index contributed by atoms with van der Waals surface area (Å²) >= 11 is 7.16. The van der Waals surface area contributed by atoms with Gasteiger partial charge in [-0.3, -0.25) is 0 Å². The minimum Gasteiger partial charge on any atom is -0.394 e. The second-order valence-electron chi connectivity index (χ2n) is 3.95. The molecule has 5 N–H and O–H groups in total. The molecule has 0 rings (SSSR count). The van der Waals surface area contributed by atoms with Crippen molar-refractivity contribution in [1.29, 1.82) is 0 Å². The van der Waals surface area contributed by atoms with E-state index in [0.29, 0.717) is 0 Å². The van der Waals surface area contributed by atoms with Crippen LogP contribution in [0.5, 0.6) is 0 Å². The van der Waals surface area contributed by atoms with E-state index in [-0.39, 0.29) is 0 Å². The van der Waals surface area contributed by atoms with E-state index in [0.717, 1.165) is 0 Å². The van der Waals surface area contributed by atoms with E-state index >= 15 is 0 Å². The zero-order valence-corrected chi connectivity index (χ0v) is 11.9. The van der Waals surface area contributed by atoms with Crippen LogP contribution in [0.1, 0.15) is 13.8 Å². The Balaban J connectivity index is 4.69. The number of thioether (sulfide) groups is 1. The highest BCUT2D eigenvalue weighted by molar-refractivity contribution is 7.99. The van der Waals surface area contributed by atoms with Crippen LogP contribution in [0.3, 0.4) is 0 Å². The molecule has 7 heteroatoms. The van der Waals surface area contributed by atoms with E-state index in [1.54, 1.807) is 20.1 Å². The summed E-state index contributed by atoms with van der Waals surface area (Å²) in [5.74, 6) is 0. The third-order valence-electron chi connectivity index (χ3n) is 2.39. The number of rotatable bonds is 8. The highest BCUT2D eigenvalue weighted by Gasteiger charge is 2.32. The maximum Gasteiger partial charge on any atom is 0.129 e. The summed E-state index contributed by atoms with van der Waals surface area (Å²) in [7, 11) is 0. The molecule has 0 aliphatic heterocycles. The average Bonchev–Trinajstić information content (AvgIpc) is 2.28. The topological polar surface area (TPSA) is 95.9 Å². The Labute approximate surface area is 111 Å². The number of hydrogen-bond acceptors (Lipinski definition) is 6. The van der Waals surface area contributed by atoms with Crippen molar-refractivity contribution in [2.45, 2.75) is 49.0 Å². The molecule has 0 aliphatic rings.